The molecule has 1 aromatic heterocycles. The van der Waals surface area contributed by atoms with E-state index in [-0.39, 0.29) is 5.95 Å². The molecule has 2 heterocycles. The molecule has 0 N–H and O–H groups in total. The topological polar surface area (TPSA) is 53.0 Å². The molecule has 0 atom stereocenters. The van der Waals surface area contributed by atoms with Gasteiger partial charge in [-0.15, -0.1) is 0 Å². The summed E-state index contributed by atoms with van der Waals surface area (Å²) in [4.78, 5) is 0. The summed E-state index contributed by atoms with van der Waals surface area (Å²) < 4.78 is 5.97. The van der Waals surface area contributed by atoms with Crippen molar-refractivity contribution in [3.05, 3.63) is 5.69 Å². The molecular weight excluding hydrogens is 140 g/mol. The normalized spacial score (nSPS) is 16.0. The lowest BCUT2D eigenvalue weighted by Crippen LogP contribution is -2.33. The van der Waals surface area contributed by atoms with Gasteiger partial charge in [0.1, 0.15) is 0 Å². The molecule has 0 saturated heterocycles. The number of rotatable bonds is 0. The zero-order valence-electron chi connectivity index (χ0n) is 4.53. The molecule has 0 aliphatic carbocycles. The molecule has 0 radical (unpaired) electrons. The van der Waals surface area contributed by atoms with Crippen molar-refractivity contribution < 1.29 is 14.3 Å². The quantitative estimate of drug-likeness (QED) is 0.449. The summed E-state index contributed by atoms with van der Waals surface area (Å²) in [6, 6.07) is 0. The highest BCUT2D eigenvalue weighted by molar-refractivity contribution is 7.97. The number of hydrogen-bond acceptors (Lipinski definition) is 4. The van der Waals surface area contributed by atoms with E-state index in [0.717, 1.165) is 11.6 Å². The van der Waals surface area contributed by atoms with Gasteiger partial charge >= 0.3 is 0 Å². The van der Waals surface area contributed by atoms with Crippen molar-refractivity contribution in [1.82, 2.24) is 5.27 Å². The highest BCUT2D eigenvalue weighted by atomic mass is 32.2. The SMILES string of the molecule is [O-]c1on[n+]2c1CSC2. The molecule has 9 heavy (non-hydrogen) atoms. The van der Waals surface area contributed by atoms with Crippen LogP contribution < -0.4 is 9.79 Å². The fraction of sp³-hybridized carbons (Fsp3) is 0.500. The third-order valence-electron chi connectivity index (χ3n) is 1.22. The first kappa shape index (κ1) is 5.10. The van der Waals surface area contributed by atoms with E-state index in [0.29, 0.717) is 5.69 Å². The van der Waals surface area contributed by atoms with Crippen molar-refractivity contribution in [2.45, 2.75) is 11.6 Å². The van der Waals surface area contributed by atoms with Gasteiger partial charge in [0, 0.05) is 0 Å². The smallest absolute Gasteiger partial charge is 0.244 e. The van der Waals surface area contributed by atoms with E-state index < -0.39 is 0 Å². The second-order valence-corrected chi connectivity index (χ2v) is 2.74. The Morgan fingerprint density at radius 1 is 1.78 bits per heavy atom. The maximum absolute atomic E-state index is 10.6. The molecule has 1 aliphatic rings. The third-order valence-corrected chi connectivity index (χ3v) is 2.13. The fourth-order valence-corrected chi connectivity index (χ4v) is 1.68. The van der Waals surface area contributed by atoms with Crippen molar-refractivity contribution in [3.63, 3.8) is 0 Å². The van der Waals surface area contributed by atoms with E-state index in [4.69, 9.17) is 0 Å². The molecule has 48 valence electrons. The molecule has 0 aromatic carbocycles. The Bertz CT molecular complexity index is 234. The van der Waals surface area contributed by atoms with Crippen LogP contribution in [0.2, 0.25) is 0 Å². The largest absolute Gasteiger partial charge is 0.539 e. The highest BCUT2D eigenvalue weighted by Gasteiger charge is 2.23. The van der Waals surface area contributed by atoms with Crippen LogP contribution in [0.3, 0.4) is 0 Å². The van der Waals surface area contributed by atoms with Crippen molar-refractivity contribution in [2.75, 3.05) is 0 Å². The second-order valence-electron chi connectivity index (χ2n) is 1.78. The molecule has 2 rings (SSSR count). The van der Waals surface area contributed by atoms with E-state index in [1.165, 1.54) is 0 Å². The summed E-state index contributed by atoms with van der Waals surface area (Å²) in [6.45, 7) is 0. The maximum Gasteiger partial charge on any atom is 0.244 e. The van der Waals surface area contributed by atoms with Crippen LogP contribution in [0.1, 0.15) is 5.69 Å². The van der Waals surface area contributed by atoms with Gasteiger partial charge < -0.3 is 9.63 Å². The molecule has 0 bridgehead atoms. The molecule has 1 aliphatic heterocycles. The first-order valence-electron chi connectivity index (χ1n) is 2.51. The van der Waals surface area contributed by atoms with E-state index in [1.807, 2.05) is 0 Å². The van der Waals surface area contributed by atoms with Crippen LogP contribution in [-0.2, 0) is 11.6 Å². The first-order chi connectivity index (χ1) is 4.38. The Balaban J connectivity index is 2.56. The Labute approximate surface area is 55.4 Å². The summed E-state index contributed by atoms with van der Waals surface area (Å²) in [5.74, 6) is 1.20. The fourth-order valence-electron chi connectivity index (χ4n) is 0.757. The number of hydrogen-bond donors (Lipinski definition) is 0. The minimum atomic E-state index is -0.292. The van der Waals surface area contributed by atoms with Crippen LogP contribution in [0, 0.1) is 0 Å². The van der Waals surface area contributed by atoms with Crippen LogP contribution in [-0.4, -0.2) is 5.27 Å². The minimum absolute atomic E-state index is 0.292. The van der Waals surface area contributed by atoms with Crippen molar-refractivity contribution >= 4 is 11.8 Å². The zero-order valence-corrected chi connectivity index (χ0v) is 5.35. The van der Waals surface area contributed by atoms with E-state index >= 15 is 0 Å². The Hall–Kier alpha value is -0.710. The molecule has 4 nitrogen and oxygen atoms in total. The van der Waals surface area contributed by atoms with Crippen LogP contribution in [0.4, 0.5) is 0 Å². The molecule has 1 aromatic rings. The summed E-state index contributed by atoms with van der Waals surface area (Å²) in [5.41, 5.74) is 0.681. The van der Waals surface area contributed by atoms with Crippen LogP contribution in [0.5, 0.6) is 5.95 Å². The number of aromatic nitrogens is 2. The van der Waals surface area contributed by atoms with Gasteiger partial charge in [-0.1, -0.05) is 16.4 Å². The van der Waals surface area contributed by atoms with E-state index in [9.17, 15) is 5.11 Å². The summed E-state index contributed by atoms with van der Waals surface area (Å²) in [5, 5.41) is 14.2. The van der Waals surface area contributed by atoms with Gasteiger partial charge in [-0.2, -0.15) is 0 Å². The second kappa shape index (κ2) is 1.63. The van der Waals surface area contributed by atoms with Crippen LogP contribution in [0.15, 0.2) is 4.52 Å². The summed E-state index contributed by atoms with van der Waals surface area (Å²) in [7, 11) is 0. The maximum atomic E-state index is 10.6. The van der Waals surface area contributed by atoms with Gasteiger partial charge in [0.2, 0.25) is 11.6 Å². The number of nitrogens with zero attached hydrogens (tertiary/aromatic N) is 2. The third kappa shape index (κ3) is 0.610. The number of thioether (sulfide) groups is 1. The average Bonchev–Trinajstić information content (AvgIpc) is 2.35. The summed E-state index contributed by atoms with van der Waals surface area (Å²) >= 11 is 1.66. The Morgan fingerprint density at radius 3 is 3.44 bits per heavy atom. The summed E-state index contributed by atoms with van der Waals surface area (Å²) in [6.07, 6.45) is 0. The van der Waals surface area contributed by atoms with Crippen molar-refractivity contribution in [3.8, 4) is 5.95 Å². The van der Waals surface area contributed by atoms with E-state index in [2.05, 4.69) is 9.79 Å². The predicted molar refractivity (Wildman–Crippen MR) is 27.4 cm³/mol. The number of fused-ring (bicyclic) bond motifs is 1. The lowest BCUT2D eigenvalue weighted by molar-refractivity contribution is -0.745. The van der Waals surface area contributed by atoms with Crippen molar-refractivity contribution in [1.29, 1.82) is 0 Å². The lowest BCUT2D eigenvalue weighted by Gasteiger charge is -1.83. The van der Waals surface area contributed by atoms with Gasteiger partial charge in [0.15, 0.2) is 5.95 Å². The van der Waals surface area contributed by atoms with E-state index in [1.54, 1.807) is 16.4 Å². The first-order valence-corrected chi connectivity index (χ1v) is 3.67. The standard InChI is InChI=1S/C4H4N2O2S/c7-4-3-1-9-2-6(3)5-8-4/h1-2H2. The molecule has 0 amide bonds. The van der Waals surface area contributed by atoms with Gasteiger partial charge in [-0.05, 0) is 0 Å². The van der Waals surface area contributed by atoms with Crippen molar-refractivity contribution in [2.24, 2.45) is 0 Å². The molecular formula is C4H4N2O2S. The zero-order chi connectivity index (χ0) is 6.27. The molecule has 0 saturated carbocycles. The molecule has 0 fully saturated rings. The monoisotopic (exact) mass is 144 g/mol. The Morgan fingerprint density at radius 2 is 2.67 bits per heavy atom. The average molecular weight is 144 g/mol. The van der Waals surface area contributed by atoms with Gasteiger partial charge in [0.25, 0.3) is 0 Å². The van der Waals surface area contributed by atoms with Gasteiger partial charge in [-0.3, -0.25) is 0 Å². The predicted octanol–water partition coefficient (Wildman–Crippen LogP) is -0.760. The lowest BCUT2D eigenvalue weighted by atomic mass is 10.5. The van der Waals surface area contributed by atoms with Crippen LogP contribution in [0.25, 0.3) is 0 Å². The molecule has 0 spiro atoms. The molecule has 5 heteroatoms. The van der Waals surface area contributed by atoms with Crippen LogP contribution >= 0.6 is 11.8 Å². The minimum Gasteiger partial charge on any atom is -0.539 e. The Kier molecular flexibility index (Phi) is 0.926. The van der Waals surface area contributed by atoms with Gasteiger partial charge in [-0.25, -0.2) is 0 Å². The highest BCUT2D eigenvalue weighted by Crippen LogP contribution is 2.21. The molecule has 0 unspecified atom stereocenters. The van der Waals surface area contributed by atoms with Gasteiger partial charge in [0.05, 0.1) is 11.0 Å².